The molecule has 1 fully saturated rings. The molecule has 0 atom stereocenters. The van der Waals surface area contributed by atoms with Gasteiger partial charge >= 0.3 is 0 Å². The molecular weight excluding hydrogens is 286 g/mol. The van der Waals surface area contributed by atoms with Gasteiger partial charge < -0.3 is 9.84 Å². The van der Waals surface area contributed by atoms with Gasteiger partial charge in [0.25, 0.3) is 10.0 Å². The van der Waals surface area contributed by atoms with Crippen LogP contribution in [0.2, 0.25) is 0 Å². The normalized spacial score (nSPS) is 18.1. The highest BCUT2D eigenvalue weighted by Gasteiger charge is 2.30. The van der Waals surface area contributed by atoms with Crippen molar-refractivity contribution in [2.45, 2.75) is 36.6 Å². The molecule has 2 rings (SSSR count). The number of hydrogen-bond acceptors (Lipinski definition) is 5. The van der Waals surface area contributed by atoms with Gasteiger partial charge in [0.1, 0.15) is 4.21 Å². The van der Waals surface area contributed by atoms with Crippen molar-refractivity contribution < 1.29 is 18.3 Å². The lowest BCUT2D eigenvalue weighted by molar-refractivity contribution is 0.0632. The van der Waals surface area contributed by atoms with Gasteiger partial charge in [0.2, 0.25) is 0 Å². The van der Waals surface area contributed by atoms with E-state index in [0.717, 1.165) is 29.7 Å². The topological polar surface area (TPSA) is 66.8 Å². The first-order chi connectivity index (χ1) is 8.96. The number of ether oxygens (including phenoxy) is 1. The summed E-state index contributed by atoms with van der Waals surface area (Å²) >= 11 is 1.15. The van der Waals surface area contributed by atoms with Gasteiger partial charge in [-0.25, -0.2) is 8.42 Å². The van der Waals surface area contributed by atoms with Crippen LogP contribution in [0.25, 0.3) is 0 Å². The van der Waals surface area contributed by atoms with Crippen LogP contribution in [0.5, 0.6) is 0 Å². The number of aryl methyl sites for hydroxylation is 1. The summed E-state index contributed by atoms with van der Waals surface area (Å²) in [5.74, 6) is 0. The van der Waals surface area contributed by atoms with E-state index in [1.54, 1.807) is 13.1 Å². The number of aliphatic hydroxyl groups is 1. The third-order valence-corrected chi connectivity index (χ3v) is 7.06. The third kappa shape index (κ3) is 3.00. The van der Waals surface area contributed by atoms with Crippen molar-refractivity contribution in [1.29, 1.82) is 0 Å². The molecule has 1 N–H and O–H groups in total. The number of thiophene rings is 1. The van der Waals surface area contributed by atoms with Crippen molar-refractivity contribution in [2.24, 2.45) is 0 Å². The highest BCUT2D eigenvalue weighted by molar-refractivity contribution is 7.91. The van der Waals surface area contributed by atoms with Gasteiger partial charge in [0.05, 0.1) is 6.61 Å². The van der Waals surface area contributed by atoms with Gasteiger partial charge in [0, 0.05) is 31.2 Å². The van der Waals surface area contributed by atoms with Crippen molar-refractivity contribution in [2.75, 3.05) is 20.3 Å². The van der Waals surface area contributed by atoms with Gasteiger partial charge in [-0.1, -0.05) is 0 Å². The Hall–Kier alpha value is -0.470. The first kappa shape index (κ1) is 14.9. The maximum Gasteiger partial charge on any atom is 0.252 e. The molecule has 1 saturated heterocycles. The van der Waals surface area contributed by atoms with Crippen LogP contribution in [0.3, 0.4) is 0 Å². The minimum absolute atomic E-state index is 0.00117. The van der Waals surface area contributed by atoms with Gasteiger partial charge in [-0.15, -0.1) is 11.3 Å². The minimum Gasteiger partial charge on any atom is -0.391 e. The van der Waals surface area contributed by atoms with Crippen molar-refractivity contribution in [3.63, 3.8) is 0 Å². The first-order valence-corrected chi connectivity index (χ1v) is 8.48. The summed E-state index contributed by atoms with van der Waals surface area (Å²) in [7, 11) is -1.84. The SMILES string of the molecule is Cc1cc(S(=O)(=O)N(C)C2CCOCC2)sc1CO. The van der Waals surface area contributed by atoms with E-state index in [9.17, 15) is 13.5 Å². The molecule has 0 spiro atoms. The standard InChI is InChI=1S/C12H19NO4S2/c1-9-7-12(18-11(9)8-14)19(15,16)13(2)10-3-5-17-6-4-10/h7,10,14H,3-6,8H2,1-2H3. The Balaban J connectivity index is 2.24. The molecule has 0 radical (unpaired) electrons. The van der Waals surface area contributed by atoms with Gasteiger partial charge in [-0.2, -0.15) is 4.31 Å². The molecule has 1 aliphatic rings. The summed E-state index contributed by atoms with van der Waals surface area (Å²) in [6, 6.07) is 1.64. The molecule has 5 nitrogen and oxygen atoms in total. The predicted octanol–water partition coefficient (Wildman–Crippen LogP) is 1.35. The fourth-order valence-electron chi connectivity index (χ4n) is 2.16. The fourth-order valence-corrected chi connectivity index (χ4v) is 5.21. The minimum atomic E-state index is -3.47. The number of aliphatic hydroxyl groups excluding tert-OH is 1. The van der Waals surface area contributed by atoms with E-state index in [0.29, 0.717) is 22.3 Å². The van der Waals surface area contributed by atoms with Crippen LogP contribution in [0.4, 0.5) is 0 Å². The Morgan fingerprint density at radius 1 is 1.47 bits per heavy atom. The van der Waals surface area contributed by atoms with Crippen LogP contribution in [-0.4, -0.2) is 44.1 Å². The first-order valence-electron chi connectivity index (χ1n) is 6.22. The molecular formula is C12H19NO4S2. The van der Waals surface area contributed by atoms with E-state index < -0.39 is 10.0 Å². The second-order valence-electron chi connectivity index (χ2n) is 4.69. The summed E-state index contributed by atoms with van der Waals surface area (Å²) in [4.78, 5) is 0.707. The van der Waals surface area contributed by atoms with Crippen molar-refractivity contribution in [1.82, 2.24) is 4.31 Å². The fraction of sp³-hybridized carbons (Fsp3) is 0.667. The molecule has 0 aliphatic carbocycles. The summed E-state index contributed by atoms with van der Waals surface area (Å²) in [6.45, 7) is 2.91. The highest BCUT2D eigenvalue weighted by Crippen LogP contribution is 2.30. The smallest absolute Gasteiger partial charge is 0.252 e. The number of sulfonamides is 1. The van der Waals surface area contributed by atoms with E-state index in [-0.39, 0.29) is 12.6 Å². The van der Waals surface area contributed by atoms with E-state index in [1.165, 1.54) is 4.31 Å². The predicted molar refractivity (Wildman–Crippen MR) is 73.8 cm³/mol. The van der Waals surface area contributed by atoms with E-state index in [1.807, 2.05) is 6.92 Å². The van der Waals surface area contributed by atoms with Crippen LogP contribution in [0, 0.1) is 6.92 Å². The molecule has 1 aromatic rings. The quantitative estimate of drug-likeness (QED) is 0.912. The van der Waals surface area contributed by atoms with Gasteiger partial charge in [-0.05, 0) is 31.4 Å². The Labute approximate surface area is 117 Å². The van der Waals surface area contributed by atoms with Gasteiger partial charge in [0.15, 0.2) is 0 Å². The lowest BCUT2D eigenvalue weighted by Gasteiger charge is -2.29. The second kappa shape index (κ2) is 5.88. The second-order valence-corrected chi connectivity index (χ2v) is 8.06. The van der Waals surface area contributed by atoms with Crippen LogP contribution < -0.4 is 0 Å². The summed E-state index contributed by atoms with van der Waals surface area (Å²) in [6.07, 6.45) is 1.46. The Morgan fingerprint density at radius 3 is 2.63 bits per heavy atom. The van der Waals surface area contributed by atoms with E-state index in [4.69, 9.17) is 4.74 Å². The maximum absolute atomic E-state index is 12.5. The zero-order valence-corrected chi connectivity index (χ0v) is 12.8. The van der Waals surface area contributed by atoms with Crippen molar-refractivity contribution in [3.05, 3.63) is 16.5 Å². The third-order valence-electron chi connectivity index (χ3n) is 3.48. The lowest BCUT2D eigenvalue weighted by Crippen LogP contribution is -2.40. The van der Waals surface area contributed by atoms with Crippen LogP contribution >= 0.6 is 11.3 Å². The molecule has 1 aromatic heterocycles. The van der Waals surface area contributed by atoms with E-state index in [2.05, 4.69) is 0 Å². The van der Waals surface area contributed by atoms with Gasteiger partial charge in [-0.3, -0.25) is 0 Å². The molecule has 7 heteroatoms. The van der Waals surface area contributed by atoms with Crippen molar-refractivity contribution in [3.8, 4) is 0 Å². The van der Waals surface area contributed by atoms with E-state index >= 15 is 0 Å². The summed E-state index contributed by atoms with van der Waals surface area (Å²) in [5, 5.41) is 9.17. The molecule has 0 saturated carbocycles. The summed E-state index contributed by atoms with van der Waals surface area (Å²) in [5.41, 5.74) is 0.825. The zero-order chi connectivity index (χ0) is 14.0. The Morgan fingerprint density at radius 2 is 2.11 bits per heavy atom. The van der Waals surface area contributed by atoms with Crippen LogP contribution in [0.15, 0.2) is 10.3 Å². The number of rotatable bonds is 4. The molecule has 2 heterocycles. The molecule has 1 aliphatic heterocycles. The Kier molecular flexibility index (Phi) is 4.62. The molecule has 0 amide bonds. The lowest BCUT2D eigenvalue weighted by atomic mass is 10.1. The highest BCUT2D eigenvalue weighted by atomic mass is 32.2. The monoisotopic (exact) mass is 305 g/mol. The van der Waals surface area contributed by atoms with Crippen molar-refractivity contribution >= 4 is 21.4 Å². The molecule has 108 valence electrons. The molecule has 0 aromatic carbocycles. The number of nitrogens with zero attached hydrogens (tertiary/aromatic N) is 1. The molecule has 0 bridgehead atoms. The average Bonchev–Trinajstić information content (AvgIpc) is 2.81. The number of hydrogen-bond donors (Lipinski definition) is 1. The zero-order valence-electron chi connectivity index (χ0n) is 11.1. The molecule has 0 unspecified atom stereocenters. The largest absolute Gasteiger partial charge is 0.391 e. The molecule has 19 heavy (non-hydrogen) atoms. The van der Waals surface area contributed by atoms with Crippen LogP contribution in [0.1, 0.15) is 23.3 Å². The maximum atomic E-state index is 12.5. The summed E-state index contributed by atoms with van der Waals surface area (Å²) < 4.78 is 32.1. The average molecular weight is 305 g/mol. The Bertz CT molecular complexity index is 532. The van der Waals surface area contributed by atoms with Crippen LogP contribution in [-0.2, 0) is 21.4 Å².